The molecule has 1 unspecified atom stereocenters. The number of hydrogen-bond donors (Lipinski definition) is 1. The van der Waals surface area contributed by atoms with E-state index in [1.54, 1.807) is 6.92 Å². The molecule has 1 heterocycles. The third kappa shape index (κ3) is 5.85. The summed E-state index contributed by atoms with van der Waals surface area (Å²) in [7, 11) is 0. The van der Waals surface area contributed by atoms with Crippen molar-refractivity contribution in [3.63, 3.8) is 0 Å². The number of aryl methyl sites for hydroxylation is 2. The first-order valence-corrected chi connectivity index (χ1v) is 10.1. The van der Waals surface area contributed by atoms with Crippen LogP contribution in [0.25, 0.3) is 0 Å². The maximum Gasteiger partial charge on any atom is 0.260 e. The fourth-order valence-corrected chi connectivity index (χ4v) is 2.89. The minimum absolute atomic E-state index is 0.101. The van der Waals surface area contributed by atoms with Crippen LogP contribution in [0.2, 0.25) is 0 Å². The van der Waals surface area contributed by atoms with Crippen molar-refractivity contribution in [1.29, 1.82) is 0 Å². The Morgan fingerprint density at radius 2 is 1.89 bits per heavy atom. The average molecular weight is 387 g/mol. The van der Waals surface area contributed by atoms with Crippen molar-refractivity contribution in [3.05, 3.63) is 47.2 Å². The number of rotatable bonds is 8. The number of hydrogen-bond acceptors (Lipinski definition) is 4. The first-order valence-electron chi connectivity index (χ1n) is 10.1. The number of amides is 1. The Kier molecular flexibility index (Phi) is 7.28. The average Bonchev–Trinajstić information content (AvgIpc) is 3.00. The second-order valence-corrected chi connectivity index (χ2v) is 8.62. The molecular weight excluding hydrogens is 352 g/mol. The van der Waals surface area contributed by atoms with E-state index < -0.39 is 6.10 Å². The molecule has 0 saturated heterocycles. The predicted molar refractivity (Wildman–Crippen MR) is 112 cm³/mol. The molecule has 28 heavy (non-hydrogen) atoms. The lowest BCUT2D eigenvalue weighted by Crippen LogP contribution is -2.37. The summed E-state index contributed by atoms with van der Waals surface area (Å²) >= 11 is 0. The molecule has 0 aliphatic rings. The summed E-state index contributed by atoms with van der Waals surface area (Å²) in [6.45, 7) is 14.8. The number of benzene rings is 1. The van der Waals surface area contributed by atoms with Gasteiger partial charge in [-0.3, -0.25) is 4.79 Å². The molecule has 0 bridgehead atoms. The summed E-state index contributed by atoms with van der Waals surface area (Å²) < 4.78 is 11.8. The molecule has 1 aromatic carbocycles. The van der Waals surface area contributed by atoms with Gasteiger partial charge in [0.05, 0.1) is 5.69 Å². The van der Waals surface area contributed by atoms with Gasteiger partial charge in [-0.1, -0.05) is 52.8 Å². The second kappa shape index (κ2) is 9.26. The van der Waals surface area contributed by atoms with Gasteiger partial charge in [-0.2, -0.15) is 0 Å². The van der Waals surface area contributed by atoms with Gasteiger partial charge in [-0.25, -0.2) is 4.98 Å². The fourth-order valence-electron chi connectivity index (χ4n) is 2.89. The lowest BCUT2D eigenvalue weighted by Gasteiger charge is -2.18. The van der Waals surface area contributed by atoms with Crippen LogP contribution in [-0.4, -0.2) is 23.5 Å². The van der Waals surface area contributed by atoms with Crippen LogP contribution < -0.4 is 10.1 Å². The van der Waals surface area contributed by atoms with Gasteiger partial charge < -0.3 is 14.5 Å². The monoisotopic (exact) mass is 386 g/mol. The largest absolute Gasteiger partial charge is 0.481 e. The highest BCUT2D eigenvalue weighted by Crippen LogP contribution is 2.27. The van der Waals surface area contributed by atoms with Crippen molar-refractivity contribution in [2.24, 2.45) is 0 Å². The van der Waals surface area contributed by atoms with Crippen molar-refractivity contribution in [3.8, 4) is 5.75 Å². The SMILES string of the molecule is Cc1nc(C(C)(C)C)oc1CCCNC(=O)C(C)Oc1ccccc1C(C)C. The summed E-state index contributed by atoms with van der Waals surface area (Å²) in [4.78, 5) is 16.9. The highest BCUT2D eigenvalue weighted by Gasteiger charge is 2.22. The Labute approximate surface area is 168 Å². The molecule has 5 heteroatoms. The molecule has 1 aromatic heterocycles. The van der Waals surface area contributed by atoms with Crippen molar-refractivity contribution in [2.75, 3.05) is 6.54 Å². The molecule has 0 radical (unpaired) electrons. The molecule has 2 aromatic rings. The summed E-state index contributed by atoms with van der Waals surface area (Å²) in [6, 6.07) is 7.87. The second-order valence-electron chi connectivity index (χ2n) is 8.62. The molecule has 1 amide bonds. The molecule has 0 aliphatic heterocycles. The van der Waals surface area contributed by atoms with Gasteiger partial charge in [0.25, 0.3) is 5.91 Å². The Morgan fingerprint density at radius 1 is 1.21 bits per heavy atom. The fraction of sp³-hybridized carbons (Fsp3) is 0.565. The number of aromatic nitrogens is 1. The number of nitrogens with one attached hydrogen (secondary N) is 1. The van der Waals surface area contributed by atoms with Crippen LogP contribution >= 0.6 is 0 Å². The minimum atomic E-state index is -0.542. The Bertz CT molecular complexity index is 787. The molecule has 0 aliphatic carbocycles. The molecular formula is C23H34N2O3. The van der Waals surface area contributed by atoms with Gasteiger partial charge >= 0.3 is 0 Å². The van der Waals surface area contributed by atoms with E-state index in [-0.39, 0.29) is 11.3 Å². The smallest absolute Gasteiger partial charge is 0.260 e. The number of nitrogens with zero attached hydrogens (tertiary/aromatic N) is 1. The van der Waals surface area contributed by atoms with Crippen LogP contribution in [-0.2, 0) is 16.6 Å². The van der Waals surface area contributed by atoms with E-state index in [4.69, 9.17) is 9.15 Å². The maximum absolute atomic E-state index is 12.4. The first kappa shape index (κ1) is 22.0. The van der Waals surface area contributed by atoms with Crippen LogP contribution in [0.3, 0.4) is 0 Å². The highest BCUT2D eigenvalue weighted by molar-refractivity contribution is 5.80. The van der Waals surface area contributed by atoms with Crippen molar-refractivity contribution < 1.29 is 13.9 Å². The van der Waals surface area contributed by atoms with Crippen molar-refractivity contribution in [2.45, 2.75) is 78.7 Å². The van der Waals surface area contributed by atoms with Crippen LogP contribution in [0, 0.1) is 6.92 Å². The molecule has 1 N–H and O–H groups in total. The van der Waals surface area contributed by atoms with Crippen LogP contribution in [0.5, 0.6) is 5.75 Å². The van der Waals surface area contributed by atoms with Gasteiger partial charge in [-0.15, -0.1) is 0 Å². The number of para-hydroxylation sites is 1. The lowest BCUT2D eigenvalue weighted by atomic mass is 9.97. The number of carbonyl (C=O) groups excluding carboxylic acids is 1. The van der Waals surface area contributed by atoms with E-state index in [1.807, 2.05) is 31.2 Å². The normalized spacial score (nSPS) is 12.9. The highest BCUT2D eigenvalue weighted by atomic mass is 16.5. The van der Waals surface area contributed by atoms with Gasteiger partial charge in [-0.05, 0) is 37.8 Å². The van der Waals surface area contributed by atoms with E-state index in [0.717, 1.165) is 41.5 Å². The van der Waals surface area contributed by atoms with E-state index >= 15 is 0 Å². The van der Waals surface area contributed by atoms with E-state index in [0.29, 0.717) is 12.5 Å². The zero-order valence-electron chi connectivity index (χ0n) is 18.3. The third-order valence-electron chi connectivity index (χ3n) is 4.63. The summed E-state index contributed by atoms with van der Waals surface area (Å²) in [5.41, 5.74) is 1.94. The van der Waals surface area contributed by atoms with E-state index in [2.05, 4.69) is 44.9 Å². The zero-order valence-corrected chi connectivity index (χ0v) is 18.3. The lowest BCUT2D eigenvalue weighted by molar-refractivity contribution is -0.127. The minimum Gasteiger partial charge on any atom is -0.481 e. The van der Waals surface area contributed by atoms with Crippen molar-refractivity contribution in [1.82, 2.24) is 10.3 Å². The Balaban J connectivity index is 1.82. The Morgan fingerprint density at radius 3 is 2.50 bits per heavy atom. The Hall–Kier alpha value is -2.30. The van der Waals surface area contributed by atoms with Gasteiger partial charge in [0.2, 0.25) is 0 Å². The number of oxazole rings is 1. The van der Waals surface area contributed by atoms with E-state index in [9.17, 15) is 4.79 Å². The van der Waals surface area contributed by atoms with Crippen molar-refractivity contribution >= 4 is 5.91 Å². The molecule has 0 saturated carbocycles. The summed E-state index contributed by atoms with van der Waals surface area (Å²) in [5.74, 6) is 2.66. The zero-order chi connectivity index (χ0) is 20.9. The van der Waals surface area contributed by atoms with Crippen LogP contribution in [0.4, 0.5) is 0 Å². The third-order valence-corrected chi connectivity index (χ3v) is 4.63. The van der Waals surface area contributed by atoms with Gasteiger partial charge in [0.1, 0.15) is 11.5 Å². The molecule has 1 atom stereocenters. The molecule has 2 rings (SSSR count). The molecule has 0 spiro atoms. The summed E-state index contributed by atoms with van der Waals surface area (Å²) in [6.07, 6.45) is 1.00. The summed E-state index contributed by atoms with van der Waals surface area (Å²) in [5, 5.41) is 2.95. The quantitative estimate of drug-likeness (QED) is 0.654. The number of carbonyl (C=O) groups is 1. The van der Waals surface area contributed by atoms with Gasteiger partial charge in [0, 0.05) is 18.4 Å². The standard InChI is InChI=1S/C23H34N2O3/c1-15(2)18-11-8-9-12-20(18)27-17(4)21(26)24-14-10-13-19-16(3)25-22(28-19)23(5,6)7/h8-9,11-12,15,17H,10,13-14H2,1-7H3,(H,24,26). The molecule has 0 fully saturated rings. The predicted octanol–water partition coefficient (Wildman–Crippen LogP) is 4.92. The molecule has 154 valence electrons. The maximum atomic E-state index is 12.4. The topological polar surface area (TPSA) is 64.4 Å². The van der Waals surface area contributed by atoms with Gasteiger partial charge in [0.15, 0.2) is 12.0 Å². The van der Waals surface area contributed by atoms with E-state index in [1.165, 1.54) is 0 Å². The number of ether oxygens (including phenoxy) is 1. The van der Waals surface area contributed by atoms with Crippen LogP contribution in [0.1, 0.15) is 76.8 Å². The molecule has 5 nitrogen and oxygen atoms in total. The first-order chi connectivity index (χ1) is 13.1. The van der Waals surface area contributed by atoms with Crippen LogP contribution in [0.15, 0.2) is 28.7 Å².